The molecule has 0 bridgehead atoms. The van der Waals surface area contributed by atoms with Gasteiger partial charge in [0.25, 0.3) is 5.91 Å². The maximum atomic E-state index is 11.1. The molecule has 0 saturated carbocycles. The molecule has 2 aromatic carbocycles. The van der Waals surface area contributed by atoms with E-state index in [0.717, 1.165) is 12.0 Å². The molecule has 0 heterocycles. The van der Waals surface area contributed by atoms with Crippen LogP contribution in [0.1, 0.15) is 18.1 Å². The monoisotopic (exact) mass is 389 g/mol. The Morgan fingerprint density at radius 1 is 0.964 bits per heavy atom. The molecule has 0 aromatic heterocycles. The summed E-state index contributed by atoms with van der Waals surface area (Å²) in [4.78, 5) is 21.9. The molecular weight excluding hydrogens is 358 g/mol. The van der Waals surface area contributed by atoms with Crippen LogP contribution >= 0.6 is 0 Å². The van der Waals surface area contributed by atoms with E-state index < -0.39 is 11.9 Å². The van der Waals surface area contributed by atoms with Crippen LogP contribution in [0.3, 0.4) is 0 Å². The van der Waals surface area contributed by atoms with Crippen molar-refractivity contribution in [3.05, 3.63) is 71.8 Å². The molecule has 0 spiro atoms. The molecule has 0 saturated heterocycles. The molecule has 7 nitrogen and oxygen atoms in total. The van der Waals surface area contributed by atoms with Crippen molar-refractivity contribution in [2.45, 2.75) is 25.8 Å². The van der Waals surface area contributed by atoms with Gasteiger partial charge in [-0.3, -0.25) is 14.8 Å². The Bertz CT molecular complexity index is 606. The van der Waals surface area contributed by atoms with Gasteiger partial charge in [0.1, 0.15) is 0 Å². The molecule has 7 heteroatoms. The standard InChI is InChI=1S/C11H14O2.C9H12N2O2.CH5N/c1-9(11(12)13-2)8-10-6-4-3-5-7-10;10-8(9(12)11-13)6-7-4-2-1-3-5-7;1-2/h3-7,9H,8H2,1-2H3;1-5,8,13H,6,10H2,(H,11,12);2H2,1H3/t9-;8-;/m00./s1. The molecule has 2 aromatic rings. The van der Waals surface area contributed by atoms with Gasteiger partial charge in [0.05, 0.1) is 19.1 Å². The highest BCUT2D eigenvalue weighted by atomic mass is 16.5. The van der Waals surface area contributed by atoms with Crippen molar-refractivity contribution in [1.29, 1.82) is 0 Å². The molecule has 28 heavy (non-hydrogen) atoms. The molecule has 6 N–H and O–H groups in total. The maximum absolute atomic E-state index is 11.1. The number of carbonyl (C=O) groups is 2. The van der Waals surface area contributed by atoms with Gasteiger partial charge in [-0.15, -0.1) is 0 Å². The zero-order chi connectivity index (χ0) is 21.4. The largest absolute Gasteiger partial charge is 0.469 e. The molecule has 0 radical (unpaired) electrons. The lowest BCUT2D eigenvalue weighted by atomic mass is 10.0. The fourth-order valence-electron chi connectivity index (χ4n) is 2.30. The summed E-state index contributed by atoms with van der Waals surface area (Å²) < 4.78 is 4.65. The summed E-state index contributed by atoms with van der Waals surface area (Å²) in [6, 6.07) is 18.6. The van der Waals surface area contributed by atoms with Crippen LogP contribution in [0.4, 0.5) is 0 Å². The number of methoxy groups -OCH3 is 1. The number of nitrogens with two attached hydrogens (primary N) is 2. The lowest BCUT2D eigenvalue weighted by Crippen LogP contribution is -2.40. The summed E-state index contributed by atoms with van der Waals surface area (Å²) in [5.41, 5.74) is 13.6. The average molecular weight is 389 g/mol. The van der Waals surface area contributed by atoms with Gasteiger partial charge >= 0.3 is 5.97 Å². The van der Waals surface area contributed by atoms with Crippen molar-refractivity contribution in [2.24, 2.45) is 17.4 Å². The molecule has 2 atom stereocenters. The van der Waals surface area contributed by atoms with E-state index in [0.29, 0.717) is 6.42 Å². The van der Waals surface area contributed by atoms with Gasteiger partial charge in [-0.25, -0.2) is 5.48 Å². The first kappa shape index (κ1) is 25.3. The Kier molecular flexibility index (Phi) is 13.8. The Labute approximate surface area is 166 Å². The number of benzene rings is 2. The summed E-state index contributed by atoms with van der Waals surface area (Å²) in [6.45, 7) is 1.87. The summed E-state index contributed by atoms with van der Waals surface area (Å²) in [7, 11) is 2.92. The van der Waals surface area contributed by atoms with E-state index in [1.54, 1.807) is 0 Å². The molecular formula is C21H31N3O4. The molecule has 154 valence electrons. The SMILES string of the molecule is CN.COC(=O)[C@@H](C)Cc1ccccc1.N[C@@H](Cc1ccccc1)C(=O)NO. The Balaban J connectivity index is 0.000000478. The quantitative estimate of drug-likeness (QED) is 0.338. The number of carbonyl (C=O) groups excluding carboxylic acids is 2. The van der Waals surface area contributed by atoms with Crippen molar-refractivity contribution >= 4 is 11.9 Å². The molecule has 0 aliphatic heterocycles. The Hall–Kier alpha value is -2.74. The molecule has 0 fully saturated rings. The predicted molar refractivity (Wildman–Crippen MR) is 109 cm³/mol. The third-order valence-electron chi connectivity index (χ3n) is 3.73. The zero-order valence-corrected chi connectivity index (χ0v) is 16.7. The number of ether oxygens (including phenoxy) is 1. The van der Waals surface area contributed by atoms with Crippen LogP contribution in [-0.2, 0) is 27.2 Å². The molecule has 0 unspecified atom stereocenters. The van der Waals surface area contributed by atoms with E-state index >= 15 is 0 Å². The zero-order valence-electron chi connectivity index (χ0n) is 16.7. The van der Waals surface area contributed by atoms with Gasteiger partial charge in [-0.05, 0) is 31.0 Å². The van der Waals surface area contributed by atoms with E-state index in [9.17, 15) is 9.59 Å². The second kappa shape index (κ2) is 15.3. The van der Waals surface area contributed by atoms with Crippen LogP contribution in [0.2, 0.25) is 0 Å². The van der Waals surface area contributed by atoms with E-state index in [-0.39, 0.29) is 11.9 Å². The Morgan fingerprint density at radius 2 is 1.39 bits per heavy atom. The normalized spacial score (nSPS) is 11.5. The average Bonchev–Trinajstić information content (AvgIpc) is 2.75. The van der Waals surface area contributed by atoms with Gasteiger partial charge in [-0.2, -0.15) is 0 Å². The lowest BCUT2D eigenvalue weighted by Gasteiger charge is -2.08. The fraction of sp³-hybridized carbons (Fsp3) is 0.333. The fourth-order valence-corrected chi connectivity index (χ4v) is 2.30. The molecule has 0 aliphatic carbocycles. The van der Waals surface area contributed by atoms with Gasteiger partial charge in [0, 0.05) is 0 Å². The van der Waals surface area contributed by atoms with Crippen molar-refractivity contribution in [2.75, 3.05) is 14.2 Å². The van der Waals surface area contributed by atoms with E-state index in [2.05, 4.69) is 10.5 Å². The predicted octanol–water partition coefficient (Wildman–Crippen LogP) is 1.67. The molecule has 0 aliphatic rings. The van der Waals surface area contributed by atoms with E-state index in [1.165, 1.54) is 25.2 Å². The third kappa shape index (κ3) is 10.4. The van der Waals surface area contributed by atoms with Gasteiger partial charge in [0.15, 0.2) is 0 Å². The third-order valence-corrected chi connectivity index (χ3v) is 3.73. The smallest absolute Gasteiger partial charge is 0.308 e. The second-order valence-electron chi connectivity index (χ2n) is 5.89. The minimum absolute atomic E-state index is 0.0626. The van der Waals surface area contributed by atoms with Crippen molar-refractivity contribution in [3.8, 4) is 0 Å². The van der Waals surface area contributed by atoms with Crippen LogP contribution in [0.5, 0.6) is 0 Å². The van der Waals surface area contributed by atoms with Crippen molar-refractivity contribution < 1.29 is 19.5 Å². The number of esters is 1. The Morgan fingerprint density at radius 3 is 1.79 bits per heavy atom. The van der Waals surface area contributed by atoms with Gasteiger partial charge < -0.3 is 16.2 Å². The summed E-state index contributed by atoms with van der Waals surface area (Å²) >= 11 is 0. The molecule has 1 amide bonds. The minimum atomic E-state index is -0.701. The van der Waals surface area contributed by atoms with Crippen molar-refractivity contribution in [1.82, 2.24) is 5.48 Å². The number of hydrogen-bond acceptors (Lipinski definition) is 6. The van der Waals surface area contributed by atoms with Crippen LogP contribution < -0.4 is 16.9 Å². The second-order valence-corrected chi connectivity index (χ2v) is 5.89. The topological polar surface area (TPSA) is 128 Å². The maximum Gasteiger partial charge on any atom is 0.308 e. The van der Waals surface area contributed by atoms with Crippen molar-refractivity contribution in [3.63, 3.8) is 0 Å². The molecule has 2 rings (SSSR count). The number of rotatable bonds is 6. The summed E-state index contributed by atoms with van der Waals surface area (Å²) in [6.07, 6.45) is 1.17. The summed E-state index contributed by atoms with van der Waals surface area (Å²) in [5.74, 6) is -0.778. The van der Waals surface area contributed by atoms with Gasteiger partial charge in [0.2, 0.25) is 0 Å². The number of nitrogens with one attached hydrogen (secondary N) is 1. The lowest BCUT2D eigenvalue weighted by molar-refractivity contribution is -0.144. The highest BCUT2D eigenvalue weighted by molar-refractivity contribution is 5.80. The van der Waals surface area contributed by atoms with Crippen LogP contribution in [0.15, 0.2) is 60.7 Å². The number of hydroxylamine groups is 1. The number of amides is 1. The van der Waals surface area contributed by atoms with Gasteiger partial charge in [-0.1, -0.05) is 67.6 Å². The van der Waals surface area contributed by atoms with Crippen LogP contribution in [0, 0.1) is 5.92 Å². The number of hydrogen-bond donors (Lipinski definition) is 4. The van der Waals surface area contributed by atoms with E-state index in [4.69, 9.17) is 10.9 Å². The first-order valence-electron chi connectivity index (χ1n) is 8.90. The highest BCUT2D eigenvalue weighted by Gasteiger charge is 2.13. The van der Waals surface area contributed by atoms with Crippen LogP contribution in [0.25, 0.3) is 0 Å². The minimum Gasteiger partial charge on any atom is -0.469 e. The first-order valence-corrected chi connectivity index (χ1v) is 8.90. The highest BCUT2D eigenvalue weighted by Crippen LogP contribution is 2.09. The van der Waals surface area contributed by atoms with E-state index in [1.807, 2.05) is 67.6 Å². The van der Waals surface area contributed by atoms with Crippen LogP contribution in [-0.4, -0.2) is 37.3 Å². The summed E-state index contributed by atoms with van der Waals surface area (Å²) in [5, 5.41) is 8.30. The first-order chi connectivity index (χ1) is 13.5.